The lowest BCUT2D eigenvalue weighted by atomic mass is 9.70. The van der Waals surface area contributed by atoms with Crippen LogP contribution in [0.15, 0.2) is 48.5 Å². The van der Waals surface area contributed by atoms with Gasteiger partial charge in [0, 0.05) is 56.4 Å². The highest BCUT2D eigenvalue weighted by Gasteiger charge is 2.45. The van der Waals surface area contributed by atoms with Crippen molar-refractivity contribution >= 4 is 40.1 Å². The Morgan fingerprint density at radius 2 is 1.59 bits per heavy atom. The molecule has 1 unspecified atom stereocenters. The molecule has 1 aromatic carbocycles. The number of benzene rings is 1. The van der Waals surface area contributed by atoms with Gasteiger partial charge in [-0.15, -0.1) is 0 Å². The Morgan fingerprint density at radius 1 is 0.974 bits per heavy atom. The Labute approximate surface area is 231 Å². The van der Waals surface area contributed by atoms with Crippen molar-refractivity contribution < 1.29 is 14.3 Å². The van der Waals surface area contributed by atoms with Gasteiger partial charge in [-0.05, 0) is 42.1 Å². The molecule has 1 aliphatic rings. The number of fused-ring (bicyclic) bond motifs is 2. The molecule has 3 aromatic rings. The number of anilines is 1. The number of rotatable bonds is 6. The Balaban J connectivity index is 1.78. The topological polar surface area (TPSA) is 135 Å². The molecule has 4 rings (SSSR count). The molecule has 0 aliphatic carbocycles. The summed E-state index contributed by atoms with van der Waals surface area (Å²) < 4.78 is 6.23. The van der Waals surface area contributed by atoms with Crippen LogP contribution >= 0.6 is 11.8 Å². The maximum atomic E-state index is 13.4. The van der Waals surface area contributed by atoms with Crippen LogP contribution in [0.4, 0.5) is 5.82 Å². The summed E-state index contributed by atoms with van der Waals surface area (Å²) >= 11 is 0.817. The number of hydrogen-bond acceptors (Lipinski definition) is 9. The zero-order chi connectivity index (χ0) is 28.5. The van der Waals surface area contributed by atoms with E-state index in [1.807, 2.05) is 69.2 Å². The van der Waals surface area contributed by atoms with E-state index in [2.05, 4.69) is 10.3 Å². The van der Waals surface area contributed by atoms with Gasteiger partial charge in [0.2, 0.25) is 17.7 Å². The summed E-state index contributed by atoms with van der Waals surface area (Å²) in [4.78, 5) is 38.6. The van der Waals surface area contributed by atoms with Crippen LogP contribution in [-0.4, -0.2) is 65.6 Å². The SMILES string of the molecule is CN(C)C(=O)c1ccc(-c2ccc3c(n2)Oc2nc(N(C)C)ccc2C3C(C)(C)C(=O)NC(=N)SC=N)cc1. The lowest BCUT2D eigenvalue weighted by Crippen LogP contribution is -2.43. The number of pyridine rings is 2. The molecule has 0 radical (unpaired) electrons. The smallest absolute Gasteiger partial charge is 0.253 e. The van der Waals surface area contributed by atoms with Crippen molar-refractivity contribution in [1.82, 2.24) is 20.2 Å². The second-order valence-electron chi connectivity index (χ2n) is 10.1. The van der Waals surface area contributed by atoms with Crippen LogP contribution in [-0.2, 0) is 4.79 Å². The molecule has 0 saturated carbocycles. The Hall–Kier alpha value is -4.25. The molecule has 3 N–H and O–H groups in total. The van der Waals surface area contributed by atoms with Crippen LogP contribution in [0.25, 0.3) is 11.3 Å². The fraction of sp³-hybridized carbons (Fsp3) is 0.286. The zero-order valence-corrected chi connectivity index (χ0v) is 23.5. The van der Waals surface area contributed by atoms with Gasteiger partial charge in [-0.3, -0.25) is 15.0 Å². The molecular weight excluding hydrogens is 514 g/mol. The number of carbonyl (C=O) groups is 2. The summed E-state index contributed by atoms with van der Waals surface area (Å²) in [5.74, 6) is 0.469. The summed E-state index contributed by atoms with van der Waals surface area (Å²) in [6.07, 6.45) is 0. The number of aromatic nitrogens is 2. The minimum Gasteiger partial charge on any atom is -0.420 e. The maximum absolute atomic E-state index is 13.4. The average molecular weight is 546 g/mol. The third-order valence-electron chi connectivity index (χ3n) is 6.58. The molecule has 1 atom stereocenters. The van der Waals surface area contributed by atoms with Crippen LogP contribution in [0.5, 0.6) is 11.8 Å². The van der Waals surface area contributed by atoms with E-state index < -0.39 is 11.3 Å². The molecule has 0 bridgehead atoms. The highest BCUT2D eigenvalue weighted by molar-refractivity contribution is 8.24. The lowest BCUT2D eigenvalue weighted by Gasteiger charge is -2.37. The Bertz CT molecular complexity index is 1450. The van der Waals surface area contributed by atoms with E-state index >= 15 is 0 Å². The molecule has 0 spiro atoms. The van der Waals surface area contributed by atoms with Gasteiger partial charge in [-0.1, -0.05) is 32.0 Å². The molecule has 0 fully saturated rings. The fourth-order valence-corrected chi connectivity index (χ4v) is 4.74. The Kier molecular flexibility index (Phi) is 7.73. The average Bonchev–Trinajstić information content (AvgIpc) is 2.90. The molecule has 11 heteroatoms. The zero-order valence-electron chi connectivity index (χ0n) is 22.7. The first-order valence-corrected chi connectivity index (χ1v) is 13.1. The van der Waals surface area contributed by atoms with Crippen LogP contribution in [0.1, 0.15) is 41.3 Å². The van der Waals surface area contributed by atoms with E-state index in [1.54, 1.807) is 26.2 Å². The first-order chi connectivity index (χ1) is 18.4. The summed E-state index contributed by atoms with van der Waals surface area (Å²) in [5, 5.41) is 17.7. The number of carbonyl (C=O) groups excluding carboxylic acids is 2. The summed E-state index contributed by atoms with van der Waals surface area (Å²) in [6, 6.07) is 14.8. The number of hydrogen-bond donors (Lipinski definition) is 3. The second-order valence-corrected chi connectivity index (χ2v) is 11.0. The molecule has 39 heavy (non-hydrogen) atoms. The monoisotopic (exact) mass is 545 g/mol. The van der Waals surface area contributed by atoms with Gasteiger partial charge < -0.3 is 25.3 Å². The normalized spacial score (nSPS) is 13.8. The van der Waals surface area contributed by atoms with Gasteiger partial charge in [-0.25, -0.2) is 4.98 Å². The van der Waals surface area contributed by atoms with Crippen molar-refractivity contribution in [2.45, 2.75) is 19.8 Å². The Morgan fingerprint density at radius 3 is 2.18 bits per heavy atom. The first-order valence-electron chi connectivity index (χ1n) is 12.2. The quantitative estimate of drug-likeness (QED) is 0.305. The molecule has 2 aromatic heterocycles. The minimum atomic E-state index is -1.03. The van der Waals surface area contributed by atoms with Gasteiger partial charge in [-0.2, -0.15) is 4.98 Å². The number of amidine groups is 1. The maximum Gasteiger partial charge on any atom is 0.253 e. The largest absolute Gasteiger partial charge is 0.420 e. The van der Waals surface area contributed by atoms with Gasteiger partial charge in [0.25, 0.3) is 5.91 Å². The molecule has 202 valence electrons. The molecule has 3 heterocycles. The van der Waals surface area contributed by atoms with Gasteiger partial charge in [0.15, 0.2) is 5.17 Å². The second kappa shape index (κ2) is 10.9. The molecule has 10 nitrogen and oxygen atoms in total. The number of ether oxygens (including phenoxy) is 1. The van der Waals surface area contributed by atoms with Crippen LogP contribution in [0.3, 0.4) is 0 Å². The van der Waals surface area contributed by atoms with Crippen molar-refractivity contribution in [3.8, 4) is 23.0 Å². The fourth-order valence-electron chi connectivity index (χ4n) is 4.47. The van der Waals surface area contributed by atoms with E-state index in [-0.39, 0.29) is 17.0 Å². The van der Waals surface area contributed by atoms with Gasteiger partial charge >= 0.3 is 0 Å². The molecule has 0 saturated heterocycles. The van der Waals surface area contributed by atoms with Crippen molar-refractivity contribution in [1.29, 1.82) is 10.8 Å². The molecule has 1 aliphatic heterocycles. The van der Waals surface area contributed by atoms with E-state index in [4.69, 9.17) is 20.5 Å². The molecule has 2 amide bonds. The minimum absolute atomic E-state index is 0.0851. The van der Waals surface area contributed by atoms with Crippen molar-refractivity contribution in [3.05, 3.63) is 65.2 Å². The van der Waals surface area contributed by atoms with E-state index in [0.717, 1.165) is 34.0 Å². The van der Waals surface area contributed by atoms with E-state index in [1.165, 1.54) is 4.90 Å². The predicted molar refractivity (Wildman–Crippen MR) is 154 cm³/mol. The van der Waals surface area contributed by atoms with E-state index in [9.17, 15) is 9.59 Å². The number of nitrogens with zero attached hydrogens (tertiary/aromatic N) is 4. The standard InChI is InChI=1S/C28H31N7O3S/c1-28(2,26(37)33-27(30)39-15-29)22-18-11-13-20(16-7-9-17(10-8-16)25(36)35(5)6)31-23(18)38-24-19(22)12-14-21(32-24)34(3)4/h7-15,22,29H,1-6H3,(H2,30,33,37). The highest BCUT2D eigenvalue weighted by atomic mass is 32.2. The number of nitrogens with one attached hydrogen (secondary N) is 3. The predicted octanol–water partition coefficient (Wildman–Crippen LogP) is 4.57. The third-order valence-corrected chi connectivity index (χ3v) is 7.04. The number of thioether (sulfide) groups is 1. The van der Waals surface area contributed by atoms with Crippen molar-refractivity contribution in [2.24, 2.45) is 5.41 Å². The van der Waals surface area contributed by atoms with Crippen LogP contribution in [0.2, 0.25) is 0 Å². The first kappa shape index (κ1) is 27.8. The van der Waals surface area contributed by atoms with Crippen LogP contribution < -0.4 is 15.0 Å². The molecular formula is C28H31N7O3S. The van der Waals surface area contributed by atoms with Gasteiger partial charge in [0.1, 0.15) is 5.82 Å². The van der Waals surface area contributed by atoms with Crippen molar-refractivity contribution in [2.75, 3.05) is 33.1 Å². The summed E-state index contributed by atoms with van der Waals surface area (Å²) in [6.45, 7) is 3.62. The van der Waals surface area contributed by atoms with Crippen molar-refractivity contribution in [3.63, 3.8) is 0 Å². The highest BCUT2D eigenvalue weighted by Crippen LogP contribution is 2.51. The third kappa shape index (κ3) is 5.49. The summed E-state index contributed by atoms with van der Waals surface area (Å²) in [5.41, 5.74) is 3.46. The van der Waals surface area contributed by atoms with Gasteiger partial charge in [0.05, 0.1) is 16.7 Å². The number of amides is 2. The summed E-state index contributed by atoms with van der Waals surface area (Å²) in [7, 11) is 7.18. The lowest BCUT2D eigenvalue weighted by molar-refractivity contribution is -0.128. The van der Waals surface area contributed by atoms with Crippen LogP contribution in [0, 0.1) is 16.2 Å². The van der Waals surface area contributed by atoms with E-state index in [0.29, 0.717) is 28.8 Å².